The number of benzene rings is 3. The van der Waals surface area contributed by atoms with E-state index < -0.39 is 5.91 Å². The highest BCUT2D eigenvalue weighted by Crippen LogP contribution is 2.20. The Morgan fingerprint density at radius 2 is 1.76 bits per heavy atom. The Morgan fingerprint density at radius 1 is 1.07 bits per heavy atom. The molecule has 0 radical (unpaired) electrons. The van der Waals surface area contributed by atoms with Crippen LogP contribution < -0.4 is 10.1 Å². The molecule has 0 atom stereocenters. The molecule has 0 bridgehead atoms. The van der Waals surface area contributed by atoms with E-state index in [4.69, 9.17) is 4.74 Å². The van der Waals surface area contributed by atoms with Crippen molar-refractivity contribution in [1.82, 2.24) is 0 Å². The highest BCUT2D eigenvalue weighted by molar-refractivity contribution is 14.1. The molecule has 0 saturated heterocycles. The number of nitrogens with zero attached hydrogens (tertiary/aromatic N) is 1. The number of hydrogen-bond acceptors (Lipinski definition) is 3. The van der Waals surface area contributed by atoms with Crippen molar-refractivity contribution in [3.63, 3.8) is 0 Å². The first-order valence-corrected chi connectivity index (χ1v) is 10.1. The van der Waals surface area contributed by atoms with Gasteiger partial charge in [-0.15, -0.1) is 0 Å². The van der Waals surface area contributed by atoms with Crippen molar-refractivity contribution in [1.29, 1.82) is 5.26 Å². The number of carbonyl (C=O) groups excluding carboxylic acids is 1. The molecular weight excluding hydrogens is 475 g/mol. The van der Waals surface area contributed by atoms with E-state index >= 15 is 0 Å². The normalized spacial score (nSPS) is 10.9. The van der Waals surface area contributed by atoms with Crippen molar-refractivity contribution < 1.29 is 9.53 Å². The lowest BCUT2D eigenvalue weighted by molar-refractivity contribution is -0.112. The van der Waals surface area contributed by atoms with Crippen LogP contribution in [-0.4, -0.2) is 5.91 Å². The summed E-state index contributed by atoms with van der Waals surface area (Å²) in [4.78, 5) is 12.4. The SMILES string of the molecule is Cc1ccccc1COc1ccc(/C=C(\C#N)C(=O)Nc2ccccc2I)cc1. The summed E-state index contributed by atoms with van der Waals surface area (Å²) < 4.78 is 6.74. The number of aryl methyl sites for hydroxylation is 1. The Kier molecular flexibility index (Phi) is 7.04. The predicted octanol–water partition coefficient (Wildman–Crippen LogP) is 5.72. The number of nitrogens with one attached hydrogen (secondary N) is 1. The van der Waals surface area contributed by atoms with E-state index in [2.05, 4.69) is 40.9 Å². The number of anilines is 1. The van der Waals surface area contributed by atoms with Crippen molar-refractivity contribution in [2.75, 3.05) is 5.32 Å². The quantitative estimate of drug-likeness (QED) is 0.271. The molecule has 0 aliphatic heterocycles. The summed E-state index contributed by atoms with van der Waals surface area (Å²) in [5, 5.41) is 12.2. The molecule has 4 nitrogen and oxygen atoms in total. The molecule has 0 aliphatic carbocycles. The summed E-state index contributed by atoms with van der Waals surface area (Å²) in [5.74, 6) is 0.295. The third-order valence-electron chi connectivity index (χ3n) is 4.33. The fourth-order valence-electron chi connectivity index (χ4n) is 2.66. The number of carbonyl (C=O) groups is 1. The van der Waals surface area contributed by atoms with Crippen molar-refractivity contribution in [3.8, 4) is 11.8 Å². The second-order valence-electron chi connectivity index (χ2n) is 6.39. The first kappa shape index (κ1) is 20.6. The maximum atomic E-state index is 12.4. The van der Waals surface area contributed by atoms with Gasteiger partial charge in [-0.25, -0.2) is 0 Å². The van der Waals surface area contributed by atoms with Gasteiger partial charge >= 0.3 is 0 Å². The van der Waals surface area contributed by atoms with Crippen LogP contribution in [-0.2, 0) is 11.4 Å². The van der Waals surface area contributed by atoms with Gasteiger partial charge in [-0.2, -0.15) is 5.26 Å². The van der Waals surface area contributed by atoms with Crippen LogP contribution in [0.25, 0.3) is 6.08 Å². The number of para-hydroxylation sites is 1. The molecule has 0 aromatic heterocycles. The molecule has 0 aliphatic rings. The maximum Gasteiger partial charge on any atom is 0.266 e. The number of amides is 1. The van der Waals surface area contributed by atoms with Gasteiger partial charge in [0, 0.05) is 3.57 Å². The fraction of sp³-hybridized carbons (Fsp3) is 0.0833. The molecule has 0 saturated carbocycles. The minimum absolute atomic E-state index is 0.0400. The Balaban J connectivity index is 1.67. The molecule has 0 fully saturated rings. The third-order valence-corrected chi connectivity index (χ3v) is 5.27. The third kappa shape index (κ3) is 5.69. The van der Waals surface area contributed by atoms with Crippen LogP contribution in [0.3, 0.4) is 0 Å². The maximum absolute atomic E-state index is 12.4. The van der Waals surface area contributed by atoms with E-state index in [1.54, 1.807) is 12.1 Å². The van der Waals surface area contributed by atoms with Gasteiger partial charge in [0.15, 0.2) is 0 Å². The van der Waals surface area contributed by atoms with Crippen LogP contribution in [0.5, 0.6) is 5.75 Å². The van der Waals surface area contributed by atoms with Crippen molar-refractivity contribution >= 4 is 40.3 Å². The van der Waals surface area contributed by atoms with Gasteiger partial charge < -0.3 is 10.1 Å². The van der Waals surface area contributed by atoms with Crippen LogP contribution >= 0.6 is 22.6 Å². The number of nitriles is 1. The van der Waals surface area contributed by atoms with Crippen molar-refractivity contribution in [3.05, 3.63) is 98.6 Å². The van der Waals surface area contributed by atoms with E-state index in [-0.39, 0.29) is 5.57 Å². The van der Waals surface area contributed by atoms with E-state index in [0.717, 1.165) is 20.4 Å². The Bertz CT molecular complexity index is 1080. The first-order chi connectivity index (χ1) is 14.1. The topological polar surface area (TPSA) is 62.1 Å². The average molecular weight is 494 g/mol. The van der Waals surface area contributed by atoms with Crippen LogP contribution in [0.15, 0.2) is 78.4 Å². The Morgan fingerprint density at radius 3 is 2.45 bits per heavy atom. The van der Waals surface area contributed by atoms with Gasteiger partial charge in [-0.1, -0.05) is 48.5 Å². The smallest absolute Gasteiger partial charge is 0.266 e. The first-order valence-electron chi connectivity index (χ1n) is 9.02. The summed E-state index contributed by atoms with van der Waals surface area (Å²) in [7, 11) is 0. The molecule has 144 valence electrons. The lowest BCUT2D eigenvalue weighted by atomic mass is 10.1. The highest BCUT2D eigenvalue weighted by atomic mass is 127. The van der Waals surface area contributed by atoms with E-state index in [0.29, 0.717) is 12.3 Å². The highest BCUT2D eigenvalue weighted by Gasteiger charge is 2.11. The molecule has 0 unspecified atom stereocenters. The van der Waals surface area contributed by atoms with Crippen molar-refractivity contribution in [2.45, 2.75) is 13.5 Å². The minimum atomic E-state index is -0.434. The molecule has 1 N–H and O–H groups in total. The standard InChI is InChI=1S/C24H19IN2O2/c1-17-6-2-3-7-19(17)16-29-21-12-10-18(11-13-21)14-20(15-26)24(28)27-23-9-5-4-8-22(23)25/h2-14H,16H2,1H3,(H,27,28)/b20-14+. The number of halogens is 1. The number of hydrogen-bond donors (Lipinski definition) is 1. The molecule has 29 heavy (non-hydrogen) atoms. The zero-order chi connectivity index (χ0) is 20.6. The molecule has 0 heterocycles. The summed E-state index contributed by atoms with van der Waals surface area (Å²) in [5.41, 5.74) is 3.79. The zero-order valence-corrected chi connectivity index (χ0v) is 18.0. The summed E-state index contributed by atoms with van der Waals surface area (Å²) in [6.07, 6.45) is 1.57. The van der Waals surface area contributed by atoms with Gasteiger partial charge in [0.1, 0.15) is 24.0 Å². The van der Waals surface area contributed by atoms with Crippen LogP contribution in [0, 0.1) is 21.8 Å². The van der Waals surface area contributed by atoms with Crippen LogP contribution in [0.2, 0.25) is 0 Å². The molecular formula is C24H19IN2O2. The van der Waals surface area contributed by atoms with Gasteiger partial charge in [-0.05, 0) is 76.5 Å². The second kappa shape index (κ2) is 9.89. The average Bonchev–Trinajstić information content (AvgIpc) is 2.74. The van der Waals surface area contributed by atoms with E-state index in [1.165, 1.54) is 5.56 Å². The fourth-order valence-corrected chi connectivity index (χ4v) is 3.18. The summed E-state index contributed by atoms with van der Waals surface area (Å²) in [6.45, 7) is 2.54. The largest absolute Gasteiger partial charge is 0.489 e. The lowest BCUT2D eigenvalue weighted by Crippen LogP contribution is -2.14. The van der Waals surface area contributed by atoms with Gasteiger partial charge in [0.2, 0.25) is 0 Å². The molecule has 5 heteroatoms. The summed E-state index contributed by atoms with van der Waals surface area (Å²) >= 11 is 2.14. The zero-order valence-electron chi connectivity index (χ0n) is 15.9. The summed E-state index contributed by atoms with van der Waals surface area (Å²) in [6, 6.07) is 24.8. The monoisotopic (exact) mass is 494 g/mol. The Labute approximate surface area is 184 Å². The van der Waals surface area contributed by atoms with Crippen LogP contribution in [0.4, 0.5) is 5.69 Å². The number of ether oxygens (including phenoxy) is 1. The van der Waals surface area contributed by atoms with E-state index in [9.17, 15) is 10.1 Å². The number of rotatable bonds is 6. The van der Waals surface area contributed by atoms with Crippen molar-refractivity contribution in [2.24, 2.45) is 0 Å². The van der Waals surface area contributed by atoms with Crippen LogP contribution in [0.1, 0.15) is 16.7 Å². The van der Waals surface area contributed by atoms with Gasteiger partial charge in [-0.3, -0.25) is 4.79 Å². The second-order valence-corrected chi connectivity index (χ2v) is 7.55. The van der Waals surface area contributed by atoms with Gasteiger partial charge in [0.05, 0.1) is 5.69 Å². The molecule has 3 aromatic carbocycles. The molecule has 3 aromatic rings. The molecule has 1 amide bonds. The molecule has 0 spiro atoms. The lowest BCUT2D eigenvalue weighted by Gasteiger charge is -2.09. The predicted molar refractivity (Wildman–Crippen MR) is 123 cm³/mol. The molecule has 3 rings (SSSR count). The van der Waals surface area contributed by atoms with E-state index in [1.807, 2.05) is 66.7 Å². The Hall–Kier alpha value is -3.11. The minimum Gasteiger partial charge on any atom is -0.489 e. The van der Waals surface area contributed by atoms with Gasteiger partial charge in [0.25, 0.3) is 5.91 Å².